The number of para-hydroxylation sites is 1. The van der Waals surface area contributed by atoms with Gasteiger partial charge in [-0.1, -0.05) is 23.7 Å². The van der Waals surface area contributed by atoms with E-state index >= 15 is 0 Å². The number of hydrogen-bond acceptors (Lipinski definition) is 1. The van der Waals surface area contributed by atoms with E-state index in [0.29, 0.717) is 6.54 Å². The van der Waals surface area contributed by atoms with Gasteiger partial charge in [0.25, 0.3) is 0 Å². The average Bonchev–Trinajstić information content (AvgIpc) is 2.43. The first-order valence-electron chi connectivity index (χ1n) is 3.88. The first kappa shape index (κ1) is 9.06. The van der Waals surface area contributed by atoms with Crippen LogP contribution in [-0.4, -0.2) is 4.98 Å². The lowest BCUT2D eigenvalue weighted by Gasteiger charge is -1.94. The lowest BCUT2D eigenvalue weighted by molar-refractivity contribution is 1.07. The molecule has 0 aliphatic carbocycles. The standard InChI is InChI=1S/C9H8BrClN2/c10-9-6(4-12)5-2-1-3-7(11)8(5)13-9/h1-3,13H,4,12H2. The van der Waals surface area contributed by atoms with Crippen molar-refractivity contribution in [1.29, 1.82) is 0 Å². The van der Waals surface area contributed by atoms with Gasteiger partial charge in [0.15, 0.2) is 0 Å². The van der Waals surface area contributed by atoms with E-state index in [1.165, 1.54) is 0 Å². The van der Waals surface area contributed by atoms with Gasteiger partial charge in [0, 0.05) is 17.5 Å². The van der Waals surface area contributed by atoms with Crippen molar-refractivity contribution >= 4 is 38.4 Å². The largest absolute Gasteiger partial charge is 0.348 e. The van der Waals surface area contributed by atoms with Crippen LogP contribution in [0.1, 0.15) is 5.56 Å². The fourth-order valence-electron chi connectivity index (χ4n) is 1.41. The van der Waals surface area contributed by atoms with Crippen LogP contribution in [0.5, 0.6) is 0 Å². The number of benzene rings is 1. The molecular formula is C9H8BrClN2. The number of fused-ring (bicyclic) bond motifs is 1. The number of hydrogen-bond donors (Lipinski definition) is 2. The third kappa shape index (κ3) is 1.37. The summed E-state index contributed by atoms with van der Waals surface area (Å²) in [5.41, 5.74) is 7.63. The van der Waals surface area contributed by atoms with Crippen molar-refractivity contribution in [3.05, 3.63) is 33.4 Å². The van der Waals surface area contributed by atoms with E-state index in [2.05, 4.69) is 20.9 Å². The number of nitrogens with one attached hydrogen (secondary N) is 1. The highest BCUT2D eigenvalue weighted by Crippen LogP contribution is 2.30. The summed E-state index contributed by atoms with van der Waals surface area (Å²) in [6, 6.07) is 5.78. The molecule has 0 amide bonds. The monoisotopic (exact) mass is 258 g/mol. The molecule has 0 bridgehead atoms. The molecule has 1 aromatic heterocycles. The summed E-state index contributed by atoms with van der Waals surface area (Å²) in [7, 11) is 0. The fraction of sp³-hybridized carbons (Fsp3) is 0.111. The van der Waals surface area contributed by atoms with Crippen molar-refractivity contribution in [2.24, 2.45) is 5.73 Å². The molecule has 0 saturated carbocycles. The minimum absolute atomic E-state index is 0.501. The Bertz CT molecular complexity index is 450. The summed E-state index contributed by atoms with van der Waals surface area (Å²) >= 11 is 9.42. The van der Waals surface area contributed by atoms with Crippen LogP contribution in [0.3, 0.4) is 0 Å². The van der Waals surface area contributed by atoms with E-state index in [-0.39, 0.29) is 0 Å². The first-order chi connectivity index (χ1) is 6.24. The molecule has 2 nitrogen and oxygen atoms in total. The Morgan fingerprint density at radius 2 is 2.23 bits per heavy atom. The lowest BCUT2D eigenvalue weighted by atomic mass is 10.2. The Balaban J connectivity index is 2.86. The van der Waals surface area contributed by atoms with Crippen molar-refractivity contribution in [3.8, 4) is 0 Å². The maximum atomic E-state index is 6.01. The molecule has 0 radical (unpaired) electrons. The highest BCUT2D eigenvalue weighted by Gasteiger charge is 2.09. The number of H-pyrrole nitrogens is 1. The van der Waals surface area contributed by atoms with Crippen LogP contribution in [0.25, 0.3) is 10.9 Å². The first-order valence-corrected chi connectivity index (χ1v) is 5.05. The molecular weight excluding hydrogens is 251 g/mol. The van der Waals surface area contributed by atoms with Crippen LogP contribution < -0.4 is 5.73 Å². The van der Waals surface area contributed by atoms with Gasteiger partial charge in [-0.05, 0) is 22.0 Å². The minimum Gasteiger partial charge on any atom is -0.348 e. The van der Waals surface area contributed by atoms with Crippen LogP contribution in [-0.2, 0) is 6.54 Å². The Hall–Kier alpha value is -0.510. The number of nitrogens with two attached hydrogens (primary N) is 1. The zero-order chi connectivity index (χ0) is 9.42. The topological polar surface area (TPSA) is 41.8 Å². The Morgan fingerprint density at radius 3 is 2.92 bits per heavy atom. The van der Waals surface area contributed by atoms with E-state index in [0.717, 1.165) is 26.1 Å². The summed E-state index contributed by atoms with van der Waals surface area (Å²) in [4.78, 5) is 3.15. The molecule has 3 N–H and O–H groups in total. The van der Waals surface area contributed by atoms with E-state index in [9.17, 15) is 0 Å². The molecule has 0 aliphatic rings. The van der Waals surface area contributed by atoms with Crippen molar-refractivity contribution in [3.63, 3.8) is 0 Å². The molecule has 68 valence electrons. The molecule has 4 heteroatoms. The average molecular weight is 260 g/mol. The highest BCUT2D eigenvalue weighted by molar-refractivity contribution is 9.10. The van der Waals surface area contributed by atoms with Gasteiger partial charge < -0.3 is 10.7 Å². The molecule has 0 atom stereocenters. The maximum Gasteiger partial charge on any atom is 0.0876 e. The third-order valence-corrected chi connectivity index (χ3v) is 3.03. The van der Waals surface area contributed by atoms with E-state index < -0.39 is 0 Å². The van der Waals surface area contributed by atoms with Crippen LogP contribution in [0, 0.1) is 0 Å². The zero-order valence-corrected chi connectivity index (χ0v) is 9.11. The van der Waals surface area contributed by atoms with E-state index in [1.54, 1.807) is 0 Å². The number of halogens is 2. The molecule has 2 aromatic rings. The predicted octanol–water partition coefficient (Wildman–Crippen LogP) is 3.04. The van der Waals surface area contributed by atoms with Crippen LogP contribution in [0.4, 0.5) is 0 Å². The Labute approximate surface area is 89.2 Å². The van der Waals surface area contributed by atoms with Gasteiger partial charge in [0.05, 0.1) is 15.1 Å². The Kier molecular flexibility index (Phi) is 2.32. The van der Waals surface area contributed by atoms with Crippen molar-refractivity contribution in [2.75, 3.05) is 0 Å². The van der Waals surface area contributed by atoms with Gasteiger partial charge >= 0.3 is 0 Å². The second-order valence-corrected chi connectivity index (χ2v) is 3.98. The number of aromatic amines is 1. The summed E-state index contributed by atoms with van der Waals surface area (Å²) in [5, 5.41) is 1.81. The van der Waals surface area contributed by atoms with Crippen LogP contribution in [0.2, 0.25) is 5.02 Å². The lowest BCUT2D eigenvalue weighted by Crippen LogP contribution is -1.95. The minimum atomic E-state index is 0.501. The number of aromatic nitrogens is 1. The van der Waals surface area contributed by atoms with Gasteiger partial charge in [-0.2, -0.15) is 0 Å². The van der Waals surface area contributed by atoms with Gasteiger partial charge in [-0.25, -0.2) is 0 Å². The predicted molar refractivity (Wildman–Crippen MR) is 58.9 cm³/mol. The second kappa shape index (κ2) is 3.33. The summed E-state index contributed by atoms with van der Waals surface area (Å²) in [6.07, 6.45) is 0. The highest BCUT2D eigenvalue weighted by atomic mass is 79.9. The molecule has 0 saturated heterocycles. The quantitative estimate of drug-likeness (QED) is 0.812. The van der Waals surface area contributed by atoms with Gasteiger partial charge in [-0.3, -0.25) is 0 Å². The molecule has 1 aromatic carbocycles. The second-order valence-electron chi connectivity index (χ2n) is 2.78. The van der Waals surface area contributed by atoms with E-state index in [1.807, 2.05) is 18.2 Å². The summed E-state index contributed by atoms with van der Waals surface area (Å²) < 4.78 is 0.915. The van der Waals surface area contributed by atoms with Gasteiger partial charge in [0.2, 0.25) is 0 Å². The summed E-state index contributed by atoms with van der Waals surface area (Å²) in [6.45, 7) is 0.501. The van der Waals surface area contributed by atoms with Crippen molar-refractivity contribution in [1.82, 2.24) is 4.98 Å². The normalized spacial score (nSPS) is 11.0. The van der Waals surface area contributed by atoms with Gasteiger partial charge in [-0.15, -0.1) is 0 Å². The summed E-state index contributed by atoms with van der Waals surface area (Å²) in [5.74, 6) is 0. The zero-order valence-electron chi connectivity index (χ0n) is 6.77. The number of rotatable bonds is 1. The van der Waals surface area contributed by atoms with E-state index in [4.69, 9.17) is 17.3 Å². The fourth-order valence-corrected chi connectivity index (χ4v) is 2.20. The smallest absolute Gasteiger partial charge is 0.0876 e. The van der Waals surface area contributed by atoms with Crippen molar-refractivity contribution in [2.45, 2.75) is 6.54 Å². The molecule has 0 fully saturated rings. The van der Waals surface area contributed by atoms with Gasteiger partial charge in [0.1, 0.15) is 0 Å². The molecule has 13 heavy (non-hydrogen) atoms. The SMILES string of the molecule is NCc1c(Br)[nH]c2c(Cl)cccc12. The maximum absolute atomic E-state index is 6.01. The molecule has 1 heterocycles. The molecule has 0 aliphatic heterocycles. The molecule has 2 rings (SSSR count). The van der Waals surface area contributed by atoms with Crippen LogP contribution >= 0.6 is 27.5 Å². The van der Waals surface area contributed by atoms with Crippen LogP contribution in [0.15, 0.2) is 22.8 Å². The molecule has 0 spiro atoms. The van der Waals surface area contributed by atoms with Crippen molar-refractivity contribution < 1.29 is 0 Å². The Morgan fingerprint density at radius 1 is 1.46 bits per heavy atom. The molecule has 0 unspecified atom stereocenters. The third-order valence-electron chi connectivity index (χ3n) is 2.04.